The van der Waals surface area contributed by atoms with Crippen LogP contribution in [0.2, 0.25) is 5.02 Å². The highest BCUT2D eigenvalue weighted by atomic mass is 35.5. The molecule has 1 aromatic heterocycles. The molecule has 1 saturated heterocycles. The van der Waals surface area contributed by atoms with Crippen LogP contribution in [0.15, 0.2) is 28.8 Å². The standard InChI is InChI=1S/C16H20ClN5O2/c1-21-7-4-8-22(10-9-21)16(23)18-11-14-19-15(20-24-14)12-5-2-3-6-13(12)17/h2-3,5-6H,4,7-11H2,1H3,(H,18,23). The van der Waals surface area contributed by atoms with Crippen LogP contribution >= 0.6 is 11.6 Å². The first-order valence-electron chi connectivity index (χ1n) is 7.92. The number of hydrogen-bond acceptors (Lipinski definition) is 5. The van der Waals surface area contributed by atoms with Gasteiger partial charge in [0.2, 0.25) is 11.7 Å². The van der Waals surface area contributed by atoms with Crippen molar-refractivity contribution in [1.29, 1.82) is 0 Å². The molecule has 1 aromatic carbocycles. The normalized spacial score (nSPS) is 16.0. The molecule has 0 aliphatic carbocycles. The molecule has 2 aromatic rings. The van der Waals surface area contributed by atoms with Gasteiger partial charge < -0.3 is 19.6 Å². The Balaban J connectivity index is 1.57. The molecule has 1 fully saturated rings. The molecule has 0 saturated carbocycles. The SMILES string of the molecule is CN1CCCN(C(=O)NCc2nc(-c3ccccc3Cl)no2)CC1. The lowest BCUT2D eigenvalue weighted by Gasteiger charge is -2.20. The molecule has 8 heteroatoms. The molecule has 1 aliphatic rings. The number of rotatable bonds is 3. The van der Waals surface area contributed by atoms with Crippen molar-refractivity contribution in [3.8, 4) is 11.4 Å². The van der Waals surface area contributed by atoms with E-state index in [9.17, 15) is 4.79 Å². The van der Waals surface area contributed by atoms with Gasteiger partial charge in [0.25, 0.3) is 0 Å². The molecule has 0 unspecified atom stereocenters. The molecule has 2 amide bonds. The summed E-state index contributed by atoms with van der Waals surface area (Å²) in [5, 5.41) is 7.31. The topological polar surface area (TPSA) is 74.5 Å². The summed E-state index contributed by atoms with van der Waals surface area (Å²) in [4.78, 5) is 20.6. The molecule has 0 bridgehead atoms. The van der Waals surface area contributed by atoms with Crippen LogP contribution in [0, 0.1) is 0 Å². The van der Waals surface area contributed by atoms with Crippen LogP contribution in [0.4, 0.5) is 4.79 Å². The van der Waals surface area contributed by atoms with Gasteiger partial charge in [-0.15, -0.1) is 0 Å². The highest BCUT2D eigenvalue weighted by Crippen LogP contribution is 2.24. The first kappa shape index (κ1) is 16.7. The summed E-state index contributed by atoms with van der Waals surface area (Å²) >= 11 is 6.12. The van der Waals surface area contributed by atoms with E-state index < -0.39 is 0 Å². The van der Waals surface area contributed by atoms with E-state index in [1.165, 1.54) is 0 Å². The quantitative estimate of drug-likeness (QED) is 0.919. The lowest BCUT2D eigenvalue weighted by Crippen LogP contribution is -2.41. The first-order valence-corrected chi connectivity index (χ1v) is 8.30. The first-order chi connectivity index (χ1) is 11.6. The molecular weight excluding hydrogens is 330 g/mol. The number of nitrogens with one attached hydrogen (secondary N) is 1. The minimum Gasteiger partial charge on any atom is -0.337 e. The third-order valence-corrected chi connectivity index (χ3v) is 4.31. The monoisotopic (exact) mass is 349 g/mol. The summed E-state index contributed by atoms with van der Waals surface area (Å²) in [5.74, 6) is 0.770. The minimum atomic E-state index is -0.109. The number of aromatic nitrogens is 2. The lowest BCUT2D eigenvalue weighted by molar-refractivity contribution is 0.197. The molecule has 1 aliphatic heterocycles. The van der Waals surface area contributed by atoms with Crippen LogP contribution < -0.4 is 5.32 Å². The van der Waals surface area contributed by atoms with Crippen LogP contribution in [-0.2, 0) is 6.54 Å². The van der Waals surface area contributed by atoms with Gasteiger partial charge in [-0.05, 0) is 32.1 Å². The van der Waals surface area contributed by atoms with Gasteiger partial charge in [0.15, 0.2) is 0 Å². The molecule has 1 N–H and O–H groups in total. The molecule has 2 heterocycles. The van der Waals surface area contributed by atoms with Crippen molar-refractivity contribution in [2.75, 3.05) is 33.2 Å². The molecule has 0 spiro atoms. The predicted molar refractivity (Wildman–Crippen MR) is 90.7 cm³/mol. The summed E-state index contributed by atoms with van der Waals surface area (Å²) in [6.45, 7) is 3.56. The van der Waals surface area contributed by atoms with Crippen LogP contribution in [0.1, 0.15) is 12.3 Å². The van der Waals surface area contributed by atoms with Gasteiger partial charge in [-0.1, -0.05) is 28.9 Å². The van der Waals surface area contributed by atoms with Gasteiger partial charge in [-0.25, -0.2) is 4.79 Å². The molecule has 0 atom stereocenters. The van der Waals surface area contributed by atoms with E-state index in [1.807, 2.05) is 23.1 Å². The van der Waals surface area contributed by atoms with Crippen LogP contribution in [-0.4, -0.2) is 59.2 Å². The third-order valence-electron chi connectivity index (χ3n) is 3.98. The van der Waals surface area contributed by atoms with E-state index in [4.69, 9.17) is 16.1 Å². The molecule has 24 heavy (non-hydrogen) atoms. The fourth-order valence-corrected chi connectivity index (χ4v) is 2.81. The number of amides is 2. The number of urea groups is 1. The van der Waals surface area contributed by atoms with Crippen molar-refractivity contribution in [3.63, 3.8) is 0 Å². The summed E-state index contributed by atoms with van der Waals surface area (Å²) in [7, 11) is 2.07. The second-order valence-corrected chi connectivity index (χ2v) is 6.20. The van der Waals surface area contributed by atoms with Gasteiger partial charge in [0.05, 0.1) is 11.6 Å². The molecule has 0 radical (unpaired) electrons. The zero-order valence-corrected chi connectivity index (χ0v) is 14.3. The Kier molecular flexibility index (Phi) is 5.32. The molecule has 3 rings (SSSR count). The van der Waals surface area contributed by atoms with Crippen molar-refractivity contribution < 1.29 is 9.32 Å². The van der Waals surface area contributed by atoms with Gasteiger partial charge in [-0.2, -0.15) is 4.98 Å². The van der Waals surface area contributed by atoms with Crippen molar-refractivity contribution in [2.45, 2.75) is 13.0 Å². The van der Waals surface area contributed by atoms with E-state index in [0.29, 0.717) is 22.3 Å². The third kappa shape index (κ3) is 4.04. The van der Waals surface area contributed by atoms with Gasteiger partial charge in [0, 0.05) is 25.2 Å². The Bertz CT molecular complexity index is 705. The average molecular weight is 350 g/mol. The zero-order valence-electron chi connectivity index (χ0n) is 13.5. The number of carbonyl (C=O) groups is 1. The van der Waals surface area contributed by atoms with Crippen molar-refractivity contribution in [3.05, 3.63) is 35.2 Å². The van der Waals surface area contributed by atoms with E-state index in [-0.39, 0.29) is 12.6 Å². The summed E-state index contributed by atoms with van der Waals surface area (Å²) in [6, 6.07) is 7.18. The molecule has 128 valence electrons. The largest absolute Gasteiger partial charge is 0.337 e. The Morgan fingerprint density at radius 3 is 2.96 bits per heavy atom. The smallest absolute Gasteiger partial charge is 0.317 e. The zero-order chi connectivity index (χ0) is 16.9. The highest BCUT2D eigenvalue weighted by molar-refractivity contribution is 6.33. The average Bonchev–Trinajstić information content (AvgIpc) is 2.94. The summed E-state index contributed by atoms with van der Waals surface area (Å²) in [6.07, 6.45) is 0.973. The van der Waals surface area contributed by atoms with Crippen LogP contribution in [0.5, 0.6) is 0 Å². The van der Waals surface area contributed by atoms with Gasteiger partial charge in [0.1, 0.15) is 0 Å². The van der Waals surface area contributed by atoms with Gasteiger partial charge >= 0.3 is 6.03 Å². The maximum absolute atomic E-state index is 12.2. The van der Waals surface area contributed by atoms with Crippen LogP contribution in [0.25, 0.3) is 11.4 Å². The number of likely N-dealkylation sites (N-methyl/N-ethyl adjacent to an activating group) is 1. The number of halogens is 1. The summed E-state index contributed by atoms with van der Waals surface area (Å²) < 4.78 is 5.19. The number of hydrogen-bond donors (Lipinski definition) is 1. The lowest BCUT2D eigenvalue weighted by atomic mass is 10.2. The van der Waals surface area contributed by atoms with Gasteiger partial charge in [-0.3, -0.25) is 0 Å². The Morgan fingerprint density at radius 1 is 1.29 bits per heavy atom. The second-order valence-electron chi connectivity index (χ2n) is 5.79. The number of benzene rings is 1. The van der Waals surface area contributed by atoms with E-state index in [2.05, 4.69) is 27.4 Å². The van der Waals surface area contributed by atoms with Crippen LogP contribution in [0.3, 0.4) is 0 Å². The molecule has 7 nitrogen and oxygen atoms in total. The minimum absolute atomic E-state index is 0.109. The van der Waals surface area contributed by atoms with Crippen molar-refractivity contribution in [1.82, 2.24) is 25.3 Å². The number of carbonyl (C=O) groups excluding carboxylic acids is 1. The van der Waals surface area contributed by atoms with Crippen molar-refractivity contribution >= 4 is 17.6 Å². The molecular formula is C16H20ClN5O2. The predicted octanol–water partition coefficient (Wildman–Crippen LogP) is 2.24. The Hall–Kier alpha value is -2.12. The van der Waals surface area contributed by atoms with E-state index in [0.717, 1.165) is 32.6 Å². The maximum atomic E-state index is 12.2. The van der Waals surface area contributed by atoms with Crippen molar-refractivity contribution in [2.24, 2.45) is 0 Å². The Labute approximate surface area is 145 Å². The fraction of sp³-hybridized carbons (Fsp3) is 0.438. The van der Waals surface area contributed by atoms with E-state index in [1.54, 1.807) is 6.07 Å². The fourth-order valence-electron chi connectivity index (χ4n) is 2.59. The Morgan fingerprint density at radius 2 is 2.12 bits per heavy atom. The van der Waals surface area contributed by atoms with E-state index >= 15 is 0 Å². The summed E-state index contributed by atoms with van der Waals surface area (Å²) in [5.41, 5.74) is 0.705. The number of nitrogens with zero attached hydrogens (tertiary/aromatic N) is 4. The highest BCUT2D eigenvalue weighted by Gasteiger charge is 2.18. The maximum Gasteiger partial charge on any atom is 0.317 e. The second kappa shape index (κ2) is 7.63.